The van der Waals surface area contributed by atoms with Crippen molar-refractivity contribution in [1.82, 2.24) is 15.6 Å². The fraction of sp³-hybridized carbons (Fsp3) is 0.545. The number of aromatic nitrogens is 1. The summed E-state index contributed by atoms with van der Waals surface area (Å²) in [7, 11) is 0. The number of rotatable bonds is 6. The van der Waals surface area contributed by atoms with Gasteiger partial charge in [-0.05, 0) is 41.5 Å². The number of pyridine rings is 1. The zero-order chi connectivity index (χ0) is 11.1. The Kier molecular flexibility index (Phi) is 5.83. The average Bonchev–Trinajstić information content (AvgIpc) is 2.25. The molecule has 0 bridgehead atoms. The molecule has 0 aliphatic heterocycles. The van der Waals surface area contributed by atoms with Crippen LogP contribution in [0.15, 0.2) is 22.8 Å². The SMILES string of the molecule is CCNCC(C)NCc1ncccc1Br. The van der Waals surface area contributed by atoms with E-state index in [-0.39, 0.29) is 0 Å². The Morgan fingerprint density at radius 2 is 2.33 bits per heavy atom. The third-order valence-corrected chi connectivity index (χ3v) is 2.88. The maximum atomic E-state index is 4.30. The summed E-state index contributed by atoms with van der Waals surface area (Å²) in [5.74, 6) is 0. The minimum absolute atomic E-state index is 0.457. The summed E-state index contributed by atoms with van der Waals surface area (Å²) in [6.07, 6.45) is 1.82. The van der Waals surface area contributed by atoms with Crippen molar-refractivity contribution in [3.8, 4) is 0 Å². The van der Waals surface area contributed by atoms with Crippen LogP contribution >= 0.6 is 15.9 Å². The molecule has 4 heteroatoms. The quantitative estimate of drug-likeness (QED) is 0.831. The number of halogens is 1. The first-order valence-corrected chi connectivity index (χ1v) is 6.06. The fourth-order valence-corrected chi connectivity index (χ4v) is 1.65. The predicted molar refractivity (Wildman–Crippen MR) is 66.8 cm³/mol. The second-order valence-corrected chi connectivity index (χ2v) is 4.38. The van der Waals surface area contributed by atoms with Gasteiger partial charge in [-0.3, -0.25) is 4.98 Å². The zero-order valence-electron chi connectivity index (χ0n) is 9.26. The number of likely N-dealkylation sites (N-methyl/N-ethyl adjacent to an activating group) is 1. The van der Waals surface area contributed by atoms with Gasteiger partial charge in [0.05, 0.1) is 5.69 Å². The second kappa shape index (κ2) is 6.93. The van der Waals surface area contributed by atoms with E-state index < -0.39 is 0 Å². The first-order chi connectivity index (χ1) is 7.24. The lowest BCUT2D eigenvalue weighted by atomic mass is 10.3. The van der Waals surface area contributed by atoms with Crippen molar-refractivity contribution in [3.05, 3.63) is 28.5 Å². The summed E-state index contributed by atoms with van der Waals surface area (Å²) in [6.45, 7) is 7.08. The smallest absolute Gasteiger partial charge is 0.0683 e. The molecule has 0 fully saturated rings. The van der Waals surface area contributed by atoms with Gasteiger partial charge in [0.25, 0.3) is 0 Å². The molecule has 0 spiro atoms. The van der Waals surface area contributed by atoms with Crippen LogP contribution < -0.4 is 10.6 Å². The van der Waals surface area contributed by atoms with Crippen molar-refractivity contribution in [1.29, 1.82) is 0 Å². The Morgan fingerprint density at radius 3 is 3.00 bits per heavy atom. The lowest BCUT2D eigenvalue weighted by Crippen LogP contribution is -2.36. The van der Waals surface area contributed by atoms with E-state index in [1.54, 1.807) is 0 Å². The van der Waals surface area contributed by atoms with Crippen molar-refractivity contribution in [3.63, 3.8) is 0 Å². The molecular formula is C11H18BrN3. The fourth-order valence-electron chi connectivity index (χ4n) is 1.25. The Morgan fingerprint density at radius 1 is 1.53 bits per heavy atom. The number of nitrogens with zero attached hydrogens (tertiary/aromatic N) is 1. The second-order valence-electron chi connectivity index (χ2n) is 3.52. The van der Waals surface area contributed by atoms with Gasteiger partial charge in [-0.15, -0.1) is 0 Å². The van der Waals surface area contributed by atoms with E-state index in [0.29, 0.717) is 6.04 Å². The van der Waals surface area contributed by atoms with Crippen molar-refractivity contribution < 1.29 is 0 Å². The molecule has 0 aliphatic rings. The maximum Gasteiger partial charge on any atom is 0.0683 e. The average molecular weight is 272 g/mol. The first kappa shape index (κ1) is 12.6. The van der Waals surface area contributed by atoms with E-state index in [0.717, 1.165) is 29.8 Å². The number of hydrogen-bond donors (Lipinski definition) is 2. The molecule has 1 unspecified atom stereocenters. The number of hydrogen-bond acceptors (Lipinski definition) is 3. The molecule has 0 aliphatic carbocycles. The van der Waals surface area contributed by atoms with Crippen LogP contribution in [0, 0.1) is 0 Å². The molecular weight excluding hydrogens is 254 g/mol. The van der Waals surface area contributed by atoms with Gasteiger partial charge in [0.2, 0.25) is 0 Å². The van der Waals surface area contributed by atoms with Gasteiger partial charge in [-0.1, -0.05) is 6.92 Å². The van der Waals surface area contributed by atoms with Crippen LogP contribution in [0.25, 0.3) is 0 Å². The molecule has 0 saturated carbocycles. The van der Waals surface area contributed by atoms with Gasteiger partial charge < -0.3 is 10.6 Å². The van der Waals surface area contributed by atoms with Crippen molar-refractivity contribution in [2.45, 2.75) is 26.4 Å². The third-order valence-electron chi connectivity index (χ3n) is 2.15. The number of nitrogens with one attached hydrogen (secondary N) is 2. The third kappa shape index (κ3) is 4.73. The monoisotopic (exact) mass is 271 g/mol. The van der Waals surface area contributed by atoms with Gasteiger partial charge >= 0.3 is 0 Å². The summed E-state index contributed by atoms with van der Waals surface area (Å²) >= 11 is 3.48. The summed E-state index contributed by atoms with van der Waals surface area (Å²) in [4.78, 5) is 4.30. The molecule has 1 atom stereocenters. The highest BCUT2D eigenvalue weighted by Crippen LogP contribution is 2.12. The maximum absolute atomic E-state index is 4.30. The van der Waals surface area contributed by atoms with Crippen LogP contribution in [0.5, 0.6) is 0 Å². The Bertz CT molecular complexity index is 291. The van der Waals surface area contributed by atoms with E-state index >= 15 is 0 Å². The highest BCUT2D eigenvalue weighted by Gasteiger charge is 2.03. The summed E-state index contributed by atoms with van der Waals surface area (Å²) < 4.78 is 1.06. The summed E-state index contributed by atoms with van der Waals surface area (Å²) in [6, 6.07) is 4.40. The van der Waals surface area contributed by atoms with Crippen LogP contribution in [0.3, 0.4) is 0 Å². The van der Waals surface area contributed by atoms with E-state index in [9.17, 15) is 0 Å². The molecule has 0 amide bonds. The minimum atomic E-state index is 0.457. The molecule has 84 valence electrons. The summed E-state index contributed by atoms with van der Waals surface area (Å²) in [5.41, 5.74) is 1.06. The van der Waals surface area contributed by atoms with E-state index in [2.05, 4.69) is 45.4 Å². The molecule has 3 nitrogen and oxygen atoms in total. The van der Waals surface area contributed by atoms with Gasteiger partial charge in [0.15, 0.2) is 0 Å². The van der Waals surface area contributed by atoms with E-state index in [4.69, 9.17) is 0 Å². The van der Waals surface area contributed by atoms with Gasteiger partial charge in [-0.25, -0.2) is 0 Å². The molecule has 0 saturated heterocycles. The molecule has 15 heavy (non-hydrogen) atoms. The van der Waals surface area contributed by atoms with Crippen LogP contribution in [-0.4, -0.2) is 24.1 Å². The molecule has 0 radical (unpaired) electrons. The first-order valence-electron chi connectivity index (χ1n) is 5.27. The highest BCUT2D eigenvalue weighted by molar-refractivity contribution is 9.10. The molecule has 1 rings (SSSR count). The summed E-state index contributed by atoms with van der Waals surface area (Å²) in [5, 5.41) is 6.72. The normalized spacial score (nSPS) is 12.7. The van der Waals surface area contributed by atoms with Crippen LogP contribution in [-0.2, 0) is 6.54 Å². The Hall–Kier alpha value is -0.450. The van der Waals surface area contributed by atoms with Crippen molar-refractivity contribution in [2.24, 2.45) is 0 Å². The van der Waals surface area contributed by atoms with E-state index in [1.165, 1.54) is 0 Å². The molecule has 1 heterocycles. The highest BCUT2D eigenvalue weighted by atomic mass is 79.9. The lowest BCUT2D eigenvalue weighted by molar-refractivity contribution is 0.504. The van der Waals surface area contributed by atoms with Gasteiger partial charge in [0.1, 0.15) is 0 Å². The van der Waals surface area contributed by atoms with Crippen LogP contribution in [0.2, 0.25) is 0 Å². The van der Waals surface area contributed by atoms with Crippen LogP contribution in [0.4, 0.5) is 0 Å². The van der Waals surface area contributed by atoms with Gasteiger partial charge in [0, 0.05) is 29.8 Å². The largest absolute Gasteiger partial charge is 0.315 e. The van der Waals surface area contributed by atoms with Gasteiger partial charge in [-0.2, -0.15) is 0 Å². The lowest BCUT2D eigenvalue weighted by Gasteiger charge is -2.14. The molecule has 1 aromatic rings. The predicted octanol–water partition coefficient (Wildman–Crippen LogP) is 1.93. The van der Waals surface area contributed by atoms with Crippen molar-refractivity contribution >= 4 is 15.9 Å². The molecule has 2 N–H and O–H groups in total. The standard InChI is InChI=1S/C11H18BrN3/c1-3-13-7-9(2)15-8-11-10(12)5-4-6-14-11/h4-6,9,13,15H,3,7-8H2,1-2H3. The van der Waals surface area contributed by atoms with Crippen LogP contribution in [0.1, 0.15) is 19.5 Å². The molecule has 1 aromatic heterocycles. The minimum Gasteiger partial charge on any atom is -0.315 e. The zero-order valence-corrected chi connectivity index (χ0v) is 10.8. The Balaban J connectivity index is 2.33. The Labute approximate surface area is 99.8 Å². The molecule has 0 aromatic carbocycles. The van der Waals surface area contributed by atoms with E-state index in [1.807, 2.05) is 18.3 Å². The van der Waals surface area contributed by atoms with Crippen molar-refractivity contribution in [2.75, 3.05) is 13.1 Å². The topological polar surface area (TPSA) is 37.0 Å².